The van der Waals surface area contributed by atoms with Gasteiger partial charge < -0.3 is 0 Å². The maximum Gasteiger partial charge on any atom is 0.164 e. The van der Waals surface area contributed by atoms with E-state index in [0.717, 1.165) is 16.7 Å². The number of nitrogens with zero attached hydrogens (tertiary/aromatic N) is 3. The summed E-state index contributed by atoms with van der Waals surface area (Å²) in [5.74, 6) is 2.02. The van der Waals surface area contributed by atoms with Crippen LogP contribution in [-0.4, -0.2) is 15.0 Å². The number of thiophene rings is 1. The van der Waals surface area contributed by atoms with Gasteiger partial charge in [0.25, 0.3) is 0 Å². The first-order valence-corrected chi connectivity index (χ1v) is 13.6. The number of benzene rings is 4. The molecule has 4 heteroatoms. The molecule has 0 spiro atoms. The Balaban J connectivity index is 1.34. The standard InChI is InChI=1S/C34H25N3S/c1-34(2)28-19-10-9-18-26(28)27-21-29(38-30(27)34)24-16-11-17-25(20-24)33-36-31(22-12-5-3-6-13-22)35-32(37-33)23-14-7-4-8-15-23/h3-21H,1-2H3. The molecule has 3 nitrogen and oxygen atoms in total. The predicted octanol–water partition coefficient (Wildman–Crippen LogP) is 8.91. The van der Waals surface area contributed by atoms with E-state index in [1.807, 2.05) is 72.0 Å². The van der Waals surface area contributed by atoms with Crippen molar-refractivity contribution in [3.8, 4) is 55.7 Å². The number of hydrogen-bond acceptors (Lipinski definition) is 4. The second-order valence-corrected chi connectivity index (χ2v) is 11.2. The fourth-order valence-electron chi connectivity index (χ4n) is 5.33. The summed E-state index contributed by atoms with van der Waals surface area (Å²) in [6.07, 6.45) is 0. The van der Waals surface area contributed by atoms with E-state index in [0.29, 0.717) is 17.5 Å². The molecule has 4 aromatic carbocycles. The highest BCUT2D eigenvalue weighted by molar-refractivity contribution is 7.16. The van der Waals surface area contributed by atoms with Gasteiger partial charge >= 0.3 is 0 Å². The van der Waals surface area contributed by atoms with Gasteiger partial charge in [-0.2, -0.15) is 0 Å². The van der Waals surface area contributed by atoms with Crippen LogP contribution in [0.5, 0.6) is 0 Å². The van der Waals surface area contributed by atoms with Crippen molar-refractivity contribution in [2.75, 3.05) is 0 Å². The quantitative estimate of drug-likeness (QED) is 0.239. The van der Waals surface area contributed by atoms with Crippen LogP contribution in [0.15, 0.2) is 115 Å². The van der Waals surface area contributed by atoms with Crippen molar-refractivity contribution >= 4 is 11.3 Å². The average Bonchev–Trinajstić information content (AvgIpc) is 3.52. The summed E-state index contributed by atoms with van der Waals surface area (Å²) in [5, 5.41) is 0. The Morgan fingerprint density at radius 2 is 1.03 bits per heavy atom. The Morgan fingerprint density at radius 3 is 1.68 bits per heavy atom. The number of fused-ring (bicyclic) bond motifs is 3. The number of rotatable bonds is 4. The molecule has 0 N–H and O–H groups in total. The summed E-state index contributed by atoms with van der Waals surface area (Å²) in [5.41, 5.74) is 8.23. The topological polar surface area (TPSA) is 38.7 Å². The van der Waals surface area contributed by atoms with Gasteiger partial charge in [0.15, 0.2) is 17.5 Å². The van der Waals surface area contributed by atoms with Crippen LogP contribution in [0.3, 0.4) is 0 Å². The highest BCUT2D eigenvalue weighted by atomic mass is 32.1. The molecule has 0 radical (unpaired) electrons. The monoisotopic (exact) mass is 507 g/mol. The van der Waals surface area contributed by atoms with Crippen molar-refractivity contribution in [1.82, 2.24) is 15.0 Å². The summed E-state index contributed by atoms with van der Waals surface area (Å²) in [4.78, 5) is 17.4. The normalized spacial score (nSPS) is 13.2. The molecular formula is C34H25N3S. The number of aromatic nitrogens is 3. The smallest absolute Gasteiger partial charge is 0.164 e. The second kappa shape index (κ2) is 8.86. The largest absolute Gasteiger partial charge is 0.208 e. The molecule has 7 rings (SSSR count). The molecule has 0 amide bonds. The predicted molar refractivity (Wildman–Crippen MR) is 157 cm³/mol. The molecule has 0 bridgehead atoms. The Hall–Kier alpha value is -4.41. The fraction of sp³-hybridized carbons (Fsp3) is 0.0882. The van der Waals surface area contributed by atoms with Crippen LogP contribution in [0.1, 0.15) is 24.3 Å². The molecule has 0 fully saturated rings. The molecule has 38 heavy (non-hydrogen) atoms. The van der Waals surface area contributed by atoms with Crippen LogP contribution < -0.4 is 0 Å². The fourth-order valence-corrected chi connectivity index (χ4v) is 6.62. The molecule has 0 saturated heterocycles. The third-order valence-corrected chi connectivity index (χ3v) is 8.80. The first kappa shape index (κ1) is 22.8. The van der Waals surface area contributed by atoms with Crippen molar-refractivity contribution in [3.05, 3.63) is 126 Å². The molecular weight excluding hydrogens is 482 g/mol. The molecule has 2 heterocycles. The zero-order valence-electron chi connectivity index (χ0n) is 21.2. The number of hydrogen-bond donors (Lipinski definition) is 0. The maximum absolute atomic E-state index is 4.92. The molecule has 1 aliphatic carbocycles. The highest BCUT2D eigenvalue weighted by Gasteiger charge is 2.37. The van der Waals surface area contributed by atoms with Crippen LogP contribution >= 0.6 is 11.3 Å². The third kappa shape index (κ3) is 3.77. The van der Waals surface area contributed by atoms with E-state index >= 15 is 0 Å². The molecule has 0 atom stereocenters. The lowest BCUT2D eigenvalue weighted by atomic mass is 9.87. The van der Waals surface area contributed by atoms with Crippen LogP contribution in [0, 0.1) is 0 Å². The summed E-state index contributed by atoms with van der Waals surface area (Å²) in [7, 11) is 0. The van der Waals surface area contributed by atoms with Crippen LogP contribution in [0.4, 0.5) is 0 Å². The average molecular weight is 508 g/mol. The molecule has 6 aromatic rings. The van der Waals surface area contributed by atoms with Crippen molar-refractivity contribution in [1.29, 1.82) is 0 Å². The first-order chi connectivity index (χ1) is 18.6. The van der Waals surface area contributed by atoms with Gasteiger partial charge in [-0.25, -0.2) is 15.0 Å². The van der Waals surface area contributed by atoms with E-state index in [2.05, 4.69) is 68.4 Å². The third-order valence-electron chi connectivity index (χ3n) is 7.29. The lowest BCUT2D eigenvalue weighted by molar-refractivity contribution is 0.674. The Kier molecular flexibility index (Phi) is 5.31. The summed E-state index contributed by atoms with van der Waals surface area (Å²) in [6, 6.07) is 39.9. The van der Waals surface area contributed by atoms with Gasteiger partial charge in [0.2, 0.25) is 0 Å². The Bertz CT molecular complexity index is 1730. The SMILES string of the molecule is CC1(C)c2ccccc2-c2cc(-c3cccc(-c4nc(-c5ccccc5)nc(-c5ccccc5)n4)c3)sc21. The van der Waals surface area contributed by atoms with Crippen molar-refractivity contribution in [3.63, 3.8) is 0 Å². The van der Waals surface area contributed by atoms with E-state index in [4.69, 9.17) is 15.0 Å². The molecule has 1 aliphatic rings. The van der Waals surface area contributed by atoms with Crippen molar-refractivity contribution in [2.24, 2.45) is 0 Å². The van der Waals surface area contributed by atoms with E-state index in [1.54, 1.807) is 0 Å². The second-order valence-electron chi connectivity index (χ2n) is 10.1. The molecule has 0 aliphatic heterocycles. The summed E-state index contributed by atoms with van der Waals surface area (Å²) < 4.78 is 0. The minimum Gasteiger partial charge on any atom is -0.208 e. The molecule has 0 saturated carbocycles. The zero-order chi connectivity index (χ0) is 25.7. The van der Waals surface area contributed by atoms with Crippen LogP contribution in [-0.2, 0) is 5.41 Å². The summed E-state index contributed by atoms with van der Waals surface area (Å²) in [6.45, 7) is 4.66. The maximum atomic E-state index is 4.92. The van der Waals surface area contributed by atoms with Gasteiger partial charge in [-0.05, 0) is 34.4 Å². The van der Waals surface area contributed by atoms with Gasteiger partial charge in [0, 0.05) is 31.9 Å². The van der Waals surface area contributed by atoms with E-state index in [-0.39, 0.29) is 5.41 Å². The highest BCUT2D eigenvalue weighted by Crippen LogP contribution is 2.53. The first-order valence-electron chi connectivity index (χ1n) is 12.8. The van der Waals surface area contributed by atoms with Crippen LogP contribution in [0.25, 0.3) is 55.7 Å². The van der Waals surface area contributed by atoms with Crippen molar-refractivity contribution in [2.45, 2.75) is 19.3 Å². The van der Waals surface area contributed by atoms with Crippen molar-refractivity contribution < 1.29 is 0 Å². The van der Waals surface area contributed by atoms with Gasteiger partial charge in [-0.15, -0.1) is 11.3 Å². The lowest BCUT2D eigenvalue weighted by Gasteiger charge is -2.19. The molecule has 0 unspecified atom stereocenters. The van der Waals surface area contributed by atoms with E-state index in [1.165, 1.54) is 32.0 Å². The van der Waals surface area contributed by atoms with E-state index in [9.17, 15) is 0 Å². The van der Waals surface area contributed by atoms with Gasteiger partial charge in [-0.1, -0.05) is 117 Å². The summed E-state index contributed by atoms with van der Waals surface area (Å²) >= 11 is 1.89. The molecule has 182 valence electrons. The van der Waals surface area contributed by atoms with E-state index < -0.39 is 0 Å². The Labute approximate surface area is 226 Å². The van der Waals surface area contributed by atoms with Gasteiger partial charge in [0.1, 0.15) is 0 Å². The molecule has 2 aromatic heterocycles. The van der Waals surface area contributed by atoms with Gasteiger partial charge in [0.05, 0.1) is 0 Å². The lowest BCUT2D eigenvalue weighted by Crippen LogP contribution is -2.13. The zero-order valence-corrected chi connectivity index (χ0v) is 22.0. The minimum atomic E-state index is 0.00976. The van der Waals surface area contributed by atoms with Gasteiger partial charge in [-0.3, -0.25) is 0 Å². The van der Waals surface area contributed by atoms with Crippen LogP contribution in [0.2, 0.25) is 0 Å². The Morgan fingerprint density at radius 1 is 0.500 bits per heavy atom. The minimum absolute atomic E-state index is 0.00976.